The fraction of sp³-hybridized carbons (Fsp3) is 0.462. The second-order valence-corrected chi connectivity index (χ2v) is 6.81. The van der Waals surface area contributed by atoms with Crippen LogP contribution in [-0.2, 0) is 0 Å². The molecule has 0 saturated heterocycles. The molecule has 0 amide bonds. The number of allylic oxidation sites excluding steroid dienone is 2. The number of benzene rings is 2. The van der Waals surface area contributed by atoms with E-state index >= 15 is 0 Å². The standard InChI is InChI=1S/C11H14O2.C6H6O2.C5H8.2C2H6/c1-8-2-7-11(8)13-10-5-3-9(12)4-6-10;7-5-1-2-6(8)4-3-5;1-5-3-2-4-5;2*1-2/h3-6,8,11-12H,2,7H2,1H3;1-4,7-8H;3H,2,4H2,1H3;2*1-2H3. The van der Waals surface area contributed by atoms with Crippen LogP contribution in [0.4, 0.5) is 0 Å². The van der Waals surface area contributed by atoms with Crippen LogP contribution in [0.5, 0.6) is 23.0 Å². The predicted molar refractivity (Wildman–Crippen MR) is 126 cm³/mol. The van der Waals surface area contributed by atoms with Gasteiger partial charge in [0.2, 0.25) is 0 Å². The molecule has 2 aromatic rings. The molecule has 2 unspecified atom stereocenters. The van der Waals surface area contributed by atoms with Crippen molar-refractivity contribution >= 4 is 0 Å². The van der Waals surface area contributed by atoms with E-state index in [9.17, 15) is 0 Å². The van der Waals surface area contributed by atoms with Gasteiger partial charge in [-0.3, -0.25) is 0 Å². The molecule has 4 rings (SSSR count). The number of phenolic OH excluding ortho intramolecular Hbond substituents is 3. The van der Waals surface area contributed by atoms with Crippen LogP contribution in [0.3, 0.4) is 0 Å². The fourth-order valence-electron chi connectivity index (χ4n) is 2.40. The second kappa shape index (κ2) is 16.2. The van der Waals surface area contributed by atoms with Crippen molar-refractivity contribution in [3.8, 4) is 23.0 Å². The average molecular weight is 417 g/mol. The highest BCUT2D eigenvalue weighted by atomic mass is 16.5. The van der Waals surface area contributed by atoms with Gasteiger partial charge in [0, 0.05) is 0 Å². The van der Waals surface area contributed by atoms with Crippen molar-refractivity contribution in [3.63, 3.8) is 0 Å². The lowest BCUT2D eigenvalue weighted by atomic mass is 9.83. The molecule has 0 radical (unpaired) electrons. The largest absolute Gasteiger partial charge is 0.508 e. The lowest BCUT2D eigenvalue weighted by Gasteiger charge is -2.33. The number of ether oxygens (including phenoxy) is 1. The smallest absolute Gasteiger partial charge is 0.120 e. The van der Waals surface area contributed by atoms with Gasteiger partial charge in [0.05, 0.1) is 0 Å². The summed E-state index contributed by atoms with van der Waals surface area (Å²) in [6.07, 6.45) is 7.74. The zero-order chi connectivity index (χ0) is 22.9. The van der Waals surface area contributed by atoms with Crippen molar-refractivity contribution in [3.05, 3.63) is 60.2 Å². The van der Waals surface area contributed by atoms with Crippen molar-refractivity contribution in [2.24, 2.45) is 5.92 Å². The Balaban J connectivity index is 0.000000423. The van der Waals surface area contributed by atoms with Gasteiger partial charge in [-0.2, -0.15) is 0 Å². The number of rotatable bonds is 2. The fourth-order valence-corrected chi connectivity index (χ4v) is 2.40. The summed E-state index contributed by atoms with van der Waals surface area (Å²) in [6, 6.07) is 12.6. The third kappa shape index (κ3) is 11.4. The zero-order valence-corrected chi connectivity index (χ0v) is 19.4. The van der Waals surface area contributed by atoms with E-state index in [0.717, 1.165) is 12.2 Å². The summed E-state index contributed by atoms with van der Waals surface area (Å²) in [6.45, 7) is 12.4. The molecule has 4 heteroatoms. The van der Waals surface area contributed by atoms with Gasteiger partial charge < -0.3 is 20.1 Å². The Hall–Kier alpha value is -2.62. The van der Waals surface area contributed by atoms with E-state index < -0.39 is 0 Å². The maximum absolute atomic E-state index is 9.06. The van der Waals surface area contributed by atoms with Crippen LogP contribution in [0.25, 0.3) is 0 Å². The highest BCUT2D eigenvalue weighted by molar-refractivity contribution is 5.30. The van der Waals surface area contributed by atoms with Crippen LogP contribution < -0.4 is 4.74 Å². The highest BCUT2D eigenvalue weighted by Crippen LogP contribution is 2.31. The molecule has 0 heterocycles. The first-order chi connectivity index (χ1) is 14.4. The van der Waals surface area contributed by atoms with Crippen molar-refractivity contribution in [2.45, 2.75) is 73.3 Å². The summed E-state index contributed by atoms with van der Waals surface area (Å²) in [4.78, 5) is 0. The third-order valence-corrected chi connectivity index (χ3v) is 4.55. The lowest BCUT2D eigenvalue weighted by molar-refractivity contribution is 0.0576. The van der Waals surface area contributed by atoms with Crippen LogP contribution in [0, 0.1) is 5.92 Å². The summed E-state index contributed by atoms with van der Waals surface area (Å²) < 4.78 is 5.71. The molecule has 4 nitrogen and oxygen atoms in total. The molecule has 0 aliphatic heterocycles. The van der Waals surface area contributed by atoms with E-state index in [0.29, 0.717) is 12.0 Å². The molecule has 1 fully saturated rings. The van der Waals surface area contributed by atoms with Gasteiger partial charge in [0.1, 0.15) is 29.1 Å². The topological polar surface area (TPSA) is 69.9 Å². The van der Waals surface area contributed by atoms with Gasteiger partial charge in [-0.25, -0.2) is 0 Å². The zero-order valence-electron chi connectivity index (χ0n) is 19.4. The third-order valence-electron chi connectivity index (χ3n) is 4.55. The van der Waals surface area contributed by atoms with Gasteiger partial charge in [-0.05, 0) is 87.1 Å². The first-order valence-corrected chi connectivity index (χ1v) is 11.0. The number of hydrogen-bond acceptors (Lipinski definition) is 4. The average Bonchev–Trinajstić information content (AvgIpc) is 2.76. The molecule has 0 aromatic heterocycles. The maximum Gasteiger partial charge on any atom is 0.120 e. The van der Waals surface area contributed by atoms with Gasteiger partial charge >= 0.3 is 0 Å². The van der Waals surface area contributed by atoms with E-state index in [2.05, 4.69) is 19.9 Å². The van der Waals surface area contributed by atoms with Crippen molar-refractivity contribution in [2.75, 3.05) is 0 Å². The van der Waals surface area contributed by atoms with E-state index in [4.69, 9.17) is 20.1 Å². The molecule has 0 bridgehead atoms. The minimum Gasteiger partial charge on any atom is -0.508 e. The summed E-state index contributed by atoms with van der Waals surface area (Å²) in [5, 5.41) is 26.3. The Bertz CT molecular complexity index is 669. The maximum atomic E-state index is 9.06. The Morgan fingerprint density at radius 2 is 1.10 bits per heavy atom. The molecule has 3 N–H and O–H groups in total. The number of phenols is 3. The summed E-state index contributed by atoms with van der Waals surface area (Å²) >= 11 is 0. The monoisotopic (exact) mass is 416 g/mol. The summed E-state index contributed by atoms with van der Waals surface area (Å²) in [7, 11) is 0. The normalized spacial score (nSPS) is 17.7. The predicted octanol–water partition coefficient (Wildman–Crippen LogP) is 7.45. The van der Waals surface area contributed by atoms with Gasteiger partial charge in [0.15, 0.2) is 0 Å². The van der Waals surface area contributed by atoms with E-state index in [1.54, 1.807) is 29.8 Å². The molecular formula is C26H40O4. The second-order valence-electron chi connectivity index (χ2n) is 6.81. The number of hydrogen-bond donors (Lipinski definition) is 3. The van der Waals surface area contributed by atoms with Crippen molar-refractivity contribution < 1.29 is 20.1 Å². The number of aromatic hydroxyl groups is 3. The minimum atomic E-state index is 0.169. The van der Waals surface area contributed by atoms with Crippen LogP contribution in [-0.4, -0.2) is 21.4 Å². The molecule has 2 atom stereocenters. The molecular weight excluding hydrogens is 376 g/mol. The Kier molecular flexibility index (Phi) is 14.8. The minimum absolute atomic E-state index is 0.169. The molecule has 2 aromatic carbocycles. The van der Waals surface area contributed by atoms with E-state index in [-0.39, 0.29) is 17.2 Å². The van der Waals surface area contributed by atoms with Crippen LogP contribution >= 0.6 is 0 Å². The van der Waals surface area contributed by atoms with Gasteiger partial charge in [0.25, 0.3) is 0 Å². The quantitative estimate of drug-likeness (QED) is 0.351. The summed E-state index contributed by atoms with van der Waals surface area (Å²) in [5.74, 6) is 2.16. The first-order valence-electron chi connectivity index (χ1n) is 11.0. The van der Waals surface area contributed by atoms with Crippen LogP contribution in [0.15, 0.2) is 60.2 Å². The van der Waals surface area contributed by atoms with Gasteiger partial charge in [-0.1, -0.05) is 46.3 Å². The SMILES string of the molecule is CC.CC.CC1=CCC1.CC1CCC1Oc1ccc(O)cc1.Oc1ccc(O)cc1. The van der Waals surface area contributed by atoms with Crippen LogP contribution in [0.2, 0.25) is 0 Å². The molecule has 0 spiro atoms. The Morgan fingerprint density at radius 1 is 0.733 bits per heavy atom. The highest BCUT2D eigenvalue weighted by Gasteiger charge is 2.28. The Morgan fingerprint density at radius 3 is 1.33 bits per heavy atom. The van der Waals surface area contributed by atoms with E-state index in [1.807, 2.05) is 27.7 Å². The van der Waals surface area contributed by atoms with Crippen molar-refractivity contribution in [1.82, 2.24) is 0 Å². The molecule has 2 aliphatic rings. The molecule has 2 aliphatic carbocycles. The Labute approximate surface area is 182 Å². The lowest BCUT2D eigenvalue weighted by Crippen LogP contribution is -2.34. The van der Waals surface area contributed by atoms with Crippen LogP contribution in [0.1, 0.15) is 67.2 Å². The molecule has 30 heavy (non-hydrogen) atoms. The van der Waals surface area contributed by atoms with Gasteiger partial charge in [-0.15, -0.1) is 0 Å². The van der Waals surface area contributed by atoms with Crippen molar-refractivity contribution in [1.29, 1.82) is 0 Å². The summed E-state index contributed by atoms with van der Waals surface area (Å²) in [5.41, 5.74) is 1.56. The molecule has 168 valence electrons. The van der Waals surface area contributed by atoms with E-state index in [1.165, 1.54) is 43.5 Å². The molecule has 1 saturated carbocycles. The first kappa shape index (κ1) is 27.4.